The van der Waals surface area contributed by atoms with E-state index in [2.05, 4.69) is 22.2 Å². The predicted octanol–water partition coefficient (Wildman–Crippen LogP) is 2.58. The van der Waals surface area contributed by atoms with Gasteiger partial charge in [-0.05, 0) is 31.2 Å². The summed E-state index contributed by atoms with van der Waals surface area (Å²) in [5, 5.41) is 3.25. The largest absolute Gasteiger partial charge is 0.494 e. The fraction of sp³-hybridized carbons (Fsp3) is 0.375. The molecule has 0 aliphatic rings. The van der Waals surface area contributed by atoms with Gasteiger partial charge in [0.15, 0.2) is 0 Å². The second-order valence-electron chi connectivity index (χ2n) is 4.59. The van der Waals surface area contributed by atoms with Crippen molar-refractivity contribution in [2.45, 2.75) is 19.4 Å². The molecule has 1 aromatic heterocycles. The Hall–Kier alpha value is -2.14. The van der Waals surface area contributed by atoms with Crippen LogP contribution in [0.3, 0.4) is 0 Å². The summed E-state index contributed by atoms with van der Waals surface area (Å²) in [6, 6.07) is 7.89. The van der Waals surface area contributed by atoms with E-state index >= 15 is 0 Å². The lowest BCUT2D eigenvalue weighted by Gasteiger charge is -2.18. The Bertz CT molecular complexity index is 575. The summed E-state index contributed by atoms with van der Waals surface area (Å²) in [5.41, 5.74) is 1.82. The van der Waals surface area contributed by atoms with Gasteiger partial charge in [0.1, 0.15) is 11.4 Å². The molecule has 1 N–H and O–H groups in total. The fourth-order valence-electron chi connectivity index (χ4n) is 2.16. The van der Waals surface area contributed by atoms with Gasteiger partial charge in [-0.25, -0.2) is 4.98 Å². The van der Waals surface area contributed by atoms with E-state index in [1.807, 2.05) is 31.3 Å². The van der Waals surface area contributed by atoms with Crippen molar-refractivity contribution in [2.75, 3.05) is 20.8 Å². The van der Waals surface area contributed by atoms with Gasteiger partial charge >= 0.3 is 0 Å². The average molecular weight is 287 g/mol. The molecule has 0 amide bonds. The standard InChI is InChI=1S/C16H21N3O2/c1-4-10-21-13-7-5-6-12(11-13)14(17-2)15-16(20-3)19-9-8-18-15/h5-9,11,14,17H,4,10H2,1-3H3. The number of nitrogens with zero attached hydrogens (tertiary/aromatic N) is 2. The van der Waals surface area contributed by atoms with Crippen LogP contribution in [0.5, 0.6) is 11.6 Å². The highest BCUT2D eigenvalue weighted by molar-refractivity contribution is 5.37. The van der Waals surface area contributed by atoms with Crippen LogP contribution in [0.15, 0.2) is 36.7 Å². The van der Waals surface area contributed by atoms with Gasteiger partial charge in [-0.15, -0.1) is 0 Å². The molecule has 2 rings (SSSR count). The van der Waals surface area contributed by atoms with E-state index < -0.39 is 0 Å². The number of hydrogen-bond acceptors (Lipinski definition) is 5. The lowest BCUT2D eigenvalue weighted by Crippen LogP contribution is -2.20. The normalized spacial score (nSPS) is 12.0. The van der Waals surface area contributed by atoms with Gasteiger partial charge in [0, 0.05) is 12.4 Å². The molecule has 0 spiro atoms. The Morgan fingerprint density at radius 1 is 1.24 bits per heavy atom. The Kier molecular flexibility index (Phi) is 5.51. The van der Waals surface area contributed by atoms with Gasteiger partial charge in [0.25, 0.3) is 0 Å². The minimum absolute atomic E-state index is 0.0983. The maximum atomic E-state index is 5.69. The molecule has 0 saturated heterocycles. The van der Waals surface area contributed by atoms with E-state index in [4.69, 9.17) is 9.47 Å². The van der Waals surface area contributed by atoms with Crippen LogP contribution in [0.4, 0.5) is 0 Å². The lowest BCUT2D eigenvalue weighted by molar-refractivity contribution is 0.317. The number of rotatable bonds is 7. The Morgan fingerprint density at radius 2 is 2.05 bits per heavy atom. The molecule has 0 bridgehead atoms. The highest BCUT2D eigenvalue weighted by Crippen LogP contribution is 2.28. The van der Waals surface area contributed by atoms with E-state index in [0.717, 1.165) is 23.4 Å². The summed E-state index contributed by atoms with van der Waals surface area (Å²) < 4.78 is 11.0. The first-order chi connectivity index (χ1) is 10.3. The highest BCUT2D eigenvalue weighted by Gasteiger charge is 2.19. The molecule has 0 fully saturated rings. The minimum atomic E-state index is -0.0983. The van der Waals surface area contributed by atoms with Gasteiger partial charge in [-0.2, -0.15) is 0 Å². The third-order valence-corrected chi connectivity index (χ3v) is 3.11. The minimum Gasteiger partial charge on any atom is -0.494 e. The molecule has 0 aliphatic carbocycles. The Balaban J connectivity index is 2.32. The zero-order valence-electron chi connectivity index (χ0n) is 12.7. The van der Waals surface area contributed by atoms with Gasteiger partial charge in [-0.1, -0.05) is 19.1 Å². The van der Waals surface area contributed by atoms with Crippen molar-refractivity contribution < 1.29 is 9.47 Å². The summed E-state index contributed by atoms with van der Waals surface area (Å²) in [7, 11) is 3.49. The zero-order chi connectivity index (χ0) is 15.1. The van der Waals surface area contributed by atoms with Crippen molar-refractivity contribution in [3.05, 3.63) is 47.9 Å². The first-order valence-corrected chi connectivity index (χ1v) is 7.05. The van der Waals surface area contributed by atoms with Crippen molar-refractivity contribution in [3.63, 3.8) is 0 Å². The SMILES string of the molecule is CCCOc1cccc(C(NC)c2nccnc2OC)c1. The zero-order valence-corrected chi connectivity index (χ0v) is 12.7. The first kappa shape index (κ1) is 15.3. The second-order valence-corrected chi connectivity index (χ2v) is 4.59. The van der Waals surface area contributed by atoms with Gasteiger partial charge in [-0.3, -0.25) is 4.98 Å². The van der Waals surface area contributed by atoms with Crippen LogP contribution in [0.2, 0.25) is 0 Å². The van der Waals surface area contributed by atoms with Crippen molar-refractivity contribution in [1.82, 2.24) is 15.3 Å². The van der Waals surface area contributed by atoms with Crippen LogP contribution in [-0.2, 0) is 0 Å². The number of aromatic nitrogens is 2. The maximum absolute atomic E-state index is 5.69. The Morgan fingerprint density at radius 3 is 2.76 bits per heavy atom. The molecular weight excluding hydrogens is 266 g/mol. The molecule has 0 saturated carbocycles. The summed E-state index contributed by atoms with van der Waals surface area (Å²) in [6.45, 7) is 2.80. The van der Waals surface area contributed by atoms with Crippen LogP contribution < -0.4 is 14.8 Å². The van der Waals surface area contributed by atoms with Crippen LogP contribution in [0, 0.1) is 0 Å². The molecule has 5 nitrogen and oxygen atoms in total. The lowest BCUT2D eigenvalue weighted by atomic mass is 10.0. The third-order valence-electron chi connectivity index (χ3n) is 3.11. The third kappa shape index (κ3) is 3.70. The number of benzene rings is 1. The molecule has 0 radical (unpaired) electrons. The van der Waals surface area contributed by atoms with Crippen molar-refractivity contribution >= 4 is 0 Å². The summed E-state index contributed by atoms with van der Waals surface area (Å²) in [5.74, 6) is 1.38. The first-order valence-electron chi connectivity index (χ1n) is 7.05. The number of hydrogen-bond donors (Lipinski definition) is 1. The van der Waals surface area contributed by atoms with Gasteiger partial charge < -0.3 is 14.8 Å². The van der Waals surface area contributed by atoms with Crippen molar-refractivity contribution in [2.24, 2.45) is 0 Å². The number of methoxy groups -OCH3 is 1. The van der Waals surface area contributed by atoms with Gasteiger partial charge in [0.2, 0.25) is 5.88 Å². The molecule has 1 aromatic carbocycles. The molecule has 0 aliphatic heterocycles. The quantitative estimate of drug-likeness (QED) is 0.848. The fourth-order valence-corrected chi connectivity index (χ4v) is 2.16. The predicted molar refractivity (Wildman–Crippen MR) is 81.7 cm³/mol. The molecule has 1 atom stereocenters. The smallest absolute Gasteiger partial charge is 0.237 e. The van der Waals surface area contributed by atoms with Crippen LogP contribution in [-0.4, -0.2) is 30.7 Å². The van der Waals surface area contributed by atoms with Crippen LogP contribution in [0.1, 0.15) is 30.6 Å². The summed E-state index contributed by atoms with van der Waals surface area (Å²) in [4.78, 5) is 8.61. The summed E-state index contributed by atoms with van der Waals surface area (Å²) in [6.07, 6.45) is 4.27. The van der Waals surface area contributed by atoms with Gasteiger partial charge in [0.05, 0.1) is 19.8 Å². The van der Waals surface area contributed by atoms with E-state index in [1.165, 1.54) is 0 Å². The van der Waals surface area contributed by atoms with E-state index in [9.17, 15) is 0 Å². The van der Waals surface area contributed by atoms with Crippen LogP contribution in [0.25, 0.3) is 0 Å². The molecular formula is C16H21N3O2. The van der Waals surface area contributed by atoms with Crippen molar-refractivity contribution in [1.29, 1.82) is 0 Å². The molecule has 112 valence electrons. The van der Waals surface area contributed by atoms with E-state index in [-0.39, 0.29) is 6.04 Å². The van der Waals surface area contributed by atoms with E-state index in [1.54, 1.807) is 19.5 Å². The molecule has 21 heavy (non-hydrogen) atoms. The monoisotopic (exact) mass is 287 g/mol. The second kappa shape index (κ2) is 7.59. The van der Waals surface area contributed by atoms with Crippen LogP contribution >= 0.6 is 0 Å². The molecule has 1 heterocycles. The average Bonchev–Trinajstić information content (AvgIpc) is 2.54. The Labute approximate surface area is 125 Å². The highest BCUT2D eigenvalue weighted by atomic mass is 16.5. The number of ether oxygens (including phenoxy) is 2. The van der Waals surface area contributed by atoms with E-state index in [0.29, 0.717) is 12.5 Å². The molecule has 2 aromatic rings. The topological polar surface area (TPSA) is 56.3 Å². The summed E-state index contributed by atoms with van der Waals surface area (Å²) >= 11 is 0. The number of nitrogens with one attached hydrogen (secondary N) is 1. The molecule has 5 heteroatoms. The van der Waals surface area contributed by atoms with Crippen molar-refractivity contribution in [3.8, 4) is 11.6 Å². The maximum Gasteiger partial charge on any atom is 0.237 e. The molecule has 1 unspecified atom stereocenters.